The number of imidazole rings is 1. The number of fused-ring (bicyclic) bond motifs is 4. The first-order valence-corrected chi connectivity index (χ1v) is 13.7. The fraction of sp³-hybridized carbons (Fsp3) is 0.250. The third-order valence-electron chi connectivity index (χ3n) is 6.78. The van der Waals surface area contributed by atoms with E-state index in [0.717, 1.165) is 0 Å². The van der Waals surface area contributed by atoms with Crippen molar-refractivity contribution in [2.75, 3.05) is 37.9 Å². The van der Waals surface area contributed by atoms with Gasteiger partial charge in [0.05, 0.1) is 36.4 Å². The summed E-state index contributed by atoms with van der Waals surface area (Å²) in [6.07, 6.45) is 6.32. The summed E-state index contributed by atoms with van der Waals surface area (Å²) in [5.74, 6) is 0.0308. The van der Waals surface area contributed by atoms with Gasteiger partial charge < -0.3 is 25.3 Å². The van der Waals surface area contributed by atoms with E-state index in [-0.39, 0.29) is 18.2 Å². The number of tetrazole rings is 1. The van der Waals surface area contributed by atoms with E-state index in [4.69, 9.17) is 11.6 Å². The quantitative estimate of drug-likeness (QED) is 0.249. The summed E-state index contributed by atoms with van der Waals surface area (Å²) in [6, 6.07) is 9.83. The van der Waals surface area contributed by atoms with Crippen LogP contribution in [-0.4, -0.2) is 80.2 Å². The molecule has 2 aromatic carbocycles. The molecule has 1 atom stereocenters. The maximum absolute atomic E-state index is 13.2. The maximum atomic E-state index is 13.2. The molecule has 0 aliphatic carbocycles. The second-order valence-corrected chi connectivity index (χ2v) is 10.2. The Hall–Kier alpha value is -5.08. The summed E-state index contributed by atoms with van der Waals surface area (Å²) >= 11 is 6.21. The Morgan fingerprint density at radius 3 is 2.84 bits per heavy atom. The fourth-order valence-electron chi connectivity index (χ4n) is 4.55. The molecule has 2 aromatic heterocycles. The second kappa shape index (κ2) is 13.3. The lowest BCUT2D eigenvalue weighted by molar-refractivity contribution is -0.117. The van der Waals surface area contributed by atoms with Crippen molar-refractivity contribution < 1.29 is 19.1 Å². The lowest BCUT2D eigenvalue weighted by atomic mass is 10.1. The molecule has 0 spiro atoms. The van der Waals surface area contributed by atoms with Crippen molar-refractivity contribution in [3.63, 3.8) is 0 Å². The van der Waals surface area contributed by atoms with E-state index in [9.17, 15) is 14.4 Å². The molecule has 43 heavy (non-hydrogen) atoms. The first-order chi connectivity index (χ1) is 20.8. The van der Waals surface area contributed by atoms with Gasteiger partial charge in [-0.15, -0.1) is 5.10 Å². The standard InChI is InChI=1S/C28H29ClN10O4/c1-38-11-9-21(33-25(40)8-3-17-13-18(29)4-7-24(17)39-16-31-36-37-39)27-30-15-23(35-27)20-6-5-19(32-28(42)43-2)14-22(20)34-26(41)10-12-38/h3-8,13-16,21H,9-12H2,1-2H3,(H,30,35)(H,32,42)(H,33,40)(H,34,41)/t21-/m0/s1. The van der Waals surface area contributed by atoms with Crippen LogP contribution in [0.2, 0.25) is 5.02 Å². The van der Waals surface area contributed by atoms with Gasteiger partial charge in [-0.05, 0) is 66.4 Å². The molecule has 5 rings (SSSR count). The number of hydrogen-bond donors (Lipinski definition) is 4. The van der Waals surface area contributed by atoms with Crippen LogP contribution >= 0.6 is 11.6 Å². The Labute approximate surface area is 251 Å². The van der Waals surface area contributed by atoms with E-state index < -0.39 is 12.1 Å². The van der Waals surface area contributed by atoms with E-state index >= 15 is 0 Å². The maximum Gasteiger partial charge on any atom is 0.411 e. The first-order valence-electron chi connectivity index (χ1n) is 13.3. The number of anilines is 2. The summed E-state index contributed by atoms with van der Waals surface area (Å²) in [7, 11) is 3.18. The zero-order chi connectivity index (χ0) is 30.3. The first kappa shape index (κ1) is 29.4. The van der Waals surface area contributed by atoms with Crippen molar-refractivity contribution in [1.29, 1.82) is 0 Å². The average molecular weight is 605 g/mol. The van der Waals surface area contributed by atoms with Crippen molar-refractivity contribution in [2.24, 2.45) is 0 Å². The molecule has 2 bridgehead atoms. The number of nitrogens with zero attached hydrogens (tertiary/aromatic N) is 6. The molecule has 4 aromatic rings. The van der Waals surface area contributed by atoms with E-state index in [1.807, 2.05) is 11.9 Å². The number of rotatable bonds is 5. The van der Waals surface area contributed by atoms with Gasteiger partial charge in [-0.1, -0.05) is 11.6 Å². The number of methoxy groups -OCH3 is 1. The number of nitrogens with one attached hydrogen (secondary N) is 4. The predicted octanol–water partition coefficient (Wildman–Crippen LogP) is 3.42. The second-order valence-electron chi connectivity index (χ2n) is 9.80. The number of H-pyrrole nitrogens is 1. The Bertz CT molecular complexity index is 1650. The Morgan fingerprint density at radius 1 is 1.19 bits per heavy atom. The summed E-state index contributed by atoms with van der Waals surface area (Å²) < 4.78 is 6.16. The number of amides is 3. The molecular weight excluding hydrogens is 576 g/mol. The molecule has 0 radical (unpaired) electrons. The van der Waals surface area contributed by atoms with Crippen LogP contribution in [-0.2, 0) is 14.3 Å². The van der Waals surface area contributed by atoms with Crippen molar-refractivity contribution in [3.05, 3.63) is 71.4 Å². The Kier molecular flexibility index (Phi) is 9.08. The van der Waals surface area contributed by atoms with Crippen LogP contribution in [0.25, 0.3) is 23.0 Å². The molecule has 0 unspecified atom stereocenters. The van der Waals surface area contributed by atoms with Crippen molar-refractivity contribution >= 4 is 47.0 Å². The molecule has 1 aliphatic rings. The Balaban J connectivity index is 1.41. The summed E-state index contributed by atoms with van der Waals surface area (Å²) in [4.78, 5) is 47.6. The van der Waals surface area contributed by atoms with Crippen LogP contribution in [0, 0.1) is 0 Å². The van der Waals surface area contributed by atoms with Gasteiger partial charge in [0.2, 0.25) is 11.8 Å². The van der Waals surface area contributed by atoms with Gasteiger partial charge >= 0.3 is 6.09 Å². The van der Waals surface area contributed by atoms with E-state index in [0.29, 0.717) is 64.2 Å². The van der Waals surface area contributed by atoms with Crippen molar-refractivity contribution in [2.45, 2.75) is 18.9 Å². The zero-order valence-corrected chi connectivity index (χ0v) is 24.1. The number of hydrogen-bond acceptors (Lipinski definition) is 9. The van der Waals surface area contributed by atoms with Gasteiger partial charge in [0.25, 0.3) is 0 Å². The fourth-order valence-corrected chi connectivity index (χ4v) is 4.73. The summed E-state index contributed by atoms with van der Waals surface area (Å²) in [5, 5.41) is 20.4. The monoisotopic (exact) mass is 604 g/mol. The molecule has 222 valence electrons. The highest BCUT2D eigenvalue weighted by Gasteiger charge is 2.21. The molecular formula is C28H29ClN10O4. The van der Waals surface area contributed by atoms with Gasteiger partial charge in [0.1, 0.15) is 12.2 Å². The lowest BCUT2D eigenvalue weighted by Crippen LogP contribution is -2.32. The minimum atomic E-state index is -0.629. The van der Waals surface area contributed by atoms with Crippen LogP contribution in [0.4, 0.5) is 16.2 Å². The Morgan fingerprint density at radius 2 is 2.05 bits per heavy atom. The van der Waals surface area contributed by atoms with Crippen LogP contribution < -0.4 is 16.0 Å². The van der Waals surface area contributed by atoms with Crippen LogP contribution in [0.3, 0.4) is 0 Å². The molecule has 14 nitrogen and oxygen atoms in total. The van der Waals surface area contributed by atoms with Gasteiger partial charge in [-0.3, -0.25) is 14.9 Å². The van der Waals surface area contributed by atoms with Gasteiger partial charge in [0, 0.05) is 47.4 Å². The van der Waals surface area contributed by atoms with Crippen molar-refractivity contribution in [3.8, 4) is 16.9 Å². The van der Waals surface area contributed by atoms with E-state index in [2.05, 4.69) is 46.2 Å². The highest BCUT2D eigenvalue weighted by atomic mass is 35.5. The van der Waals surface area contributed by atoms with Gasteiger partial charge in [0.15, 0.2) is 0 Å². The third-order valence-corrected chi connectivity index (χ3v) is 7.01. The number of aromatic amines is 1. The largest absolute Gasteiger partial charge is 0.453 e. The number of halogens is 1. The lowest BCUT2D eigenvalue weighted by Gasteiger charge is -2.21. The molecule has 3 amide bonds. The number of carbonyl (C=O) groups is 3. The SMILES string of the molecule is COC(=O)Nc1ccc2c(c1)NC(=O)CCN(C)CC[C@H](NC(=O)C=Cc1cc(Cl)ccc1-n1cnnn1)c1ncc-2[nH]1. The highest BCUT2D eigenvalue weighted by Crippen LogP contribution is 2.31. The van der Waals surface area contributed by atoms with Crippen LogP contribution in [0.1, 0.15) is 30.3 Å². The summed E-state index contributed by atoms with van der Waals surface area (Å²) in [6.45, 7) is 1.09. The normalized spacial score (nSPS) is 15.9. The smallest absolute Gasteiger partial charge is 0.411 e. The third kappa shape index (κ3) is 7.42. The highest BCUT2D eigenvalue weighted by molar-refractivity contribution is 6.30. The molecule has 0 saturated heterocycles. The topological polar surface area (TPSA) is 172 Å². The molecule has 15 heteroatoms. The molecule has 0 saturated carbocycles. The molecule has 1 aliphatic heterocycles. The van der Waals surface area contributed by atoms with Gasteiger partial charge in [-0.25, -0.2) is 9.78 Å². The van der Waals surface area contributed by atoms with Gasteiger partial charge in [-0.2, -0.15) is 4.68 Å². The molecule has 0 fully saturated rings. The van der Waals surface area contributed by atoms with Crippen LogP contribution in [0.5, 0.6) is 0 Å². The number of ether oxygens (including phenoxy) is 1. The molecule has 3 heterocycles. The zero-order valence-electron chi connectivity index (χ0n) is 23.4. The van der Waals surface area contributed by atoms with Crippen molar-refractivity contribution in [1.82, 2.24) is 40.4 Å². The number of benzene rings is 2. The minimum absolute atomic E-state index is 0.181. The average Bonchev–Trinajstić information content (AvgIpc) is 3.70. The minimum Gasteiger partial charge on any atom is -0.453 e. The van der Waals surface area contributed by atoms with Crippen LogP contribution in [0.15, 0.2) is 55.0 Å². The summed E-state index contributed by atoms with van der Waals surface area (Å²) in [5.41, 5.74) is 3.54. The van der Waals surface area contributed by atoms with E-state index in [1.54, 1.807) is 48.7 Å². The predicted molar refractivity (Wildman–Crippen MR) is 159 cm³/mol. The van der Waals surface area contributed by atoms with E-state index in [1.165, 1.54) is 24.2 Å². The molecule has 4 N–H and O–H groups in total. The number of carbonyl (C=O) groups excluding carboxylic acids is 3. The number of aromatic nitrogens is 6.